The molecule has 1 N–H and O–H groups in total. The van der Waals surface area contributed by atoms with Crippen molar-refractivity contribution < 1.29 is 4.79 Å². The summed E-state index contributed by atoms with van der Waals surface area (Å²) in [5.74, 6) is 0.660. The molecule has 19 heavy (non-hydrogen) atoms. The molecular weight excluding hydrogens is 274 g/mol. The van der Waals surface area contributed by atoms with Gasteiger partial charge in [-0.25, -0.2) is 0 Å². The second-order valence-electron chi connectivity index (χ2n) is 5.02. The fraction of sp³-hybridized carbons (Fsp3) is 0.400. The summed E-state index contributed by atoms with van der Waals surface area (Å²) >= 11 is 3.31. The van der Waals surface area contributed by atoms with Crippen LogP contribution in [0.15, 0.2) is 34.3 Å². The van der Waals surface area contributed by atoms with Crippen LogP contribution in [0.5, 0.6) is 0 Å². The predicted octanol–water partition coefficient (Wildman–Crippen LogP) is 4.47. The van der Waals surface area contributed by atoms with E-state index >= 15 is 0 Å². The summed E-state index contributed by atoms with van der Waals surface area (Å²) in [5, 5.41) is 9.19. The summed E-state index contributed by atoms with van der Waals surface area (Å²) in [4.78, 5) is 13.6. The smallest absolute Gasteiger partial charge is 0.252 e. The quantitative estimate of drug-likeness (QED) is 0.884. The highest BCUT2D eigenvalue weighted by Gasteiger charge is 2.28. The summed E-state index contributed by atoms with van der Waals surface area (Å²) in [6, 6.07) is 6.29. The minimum absolute atomic E-state index is 0.0616. The van der Waals surface area contributed by atoms with Crippen LogP contribution >= 0.6 is 22.7 Å². The average Bonchev–Trinajstić information content (AvgIpc) is 3.17. The Morgan fingerprint density at radius 2 is 2.11 bits per heavy atom. The molecular formula is C15H17NOS2. The second kappa shape index (κ2) is 5.88. The zero-order chi connectivity index (χ0) is 13.1. The summed E-state index contributed by atoms with van der Waals surface area (Å²) in [6.07, 6.45) is 5.04. The number of hydrogen-bond donors (Lipinski definition) is 1. The van der Waals surface area contributed by atoms with Crippen molar-refractivity contribution in [1.29, 1.82) is 0 Å². The fourth-order valence-corrected chi connectivity index (χ4v) is 4.30. The molecule has 2 aromatic rings. The van der Waals surface area contributed by atoms with Crippen molar-refractivity contribution in [1.82, 2.24) is 5.32 Å². The van der Waals surface area contributed by atoms with Crippen LogP contribution in [0.4, 0.5) is 0 Å². The van der Waals surface area contributed by atoms with Gasteiger partial charge in [0.25, 0.3) is 5.91 Å². The highest BCUT2D eigenvalue weighted by Crippen LogP contribution is 2.37. The zero-order valence-corrected chi connectivity index (χ0v) is 12.3. The third-order valence-electron chi connectivity index (χ3n) is 3.79. The maximum absolute atomic E-state index is 12.3. The van der Waals surface area contributed by atoms with Crippen LogP contribution < -0.4 is 5.32 Å². The molecule has 2 heterocycles. The Balaban J connectivity index is 1.77. The van der Waals surface area contributed by atoms with Gasteiger partial charge in [-0.1, -0.05) is 18.9 Å². The molecule has 4 heteroatoms. The molecule has 1 fully saturated rings. The highest BCUT2D eigenvalue weighted by molar-refractivity contribution is 7.10. The van der Waals surface area contributed by atoms with E-state index in [1.165, 1.54) is 30.6 Å². The molecule has 0 aliphatic heterocycles. The molecule has 1 aliphatic carbocycles. The van der Waals surface area contributed by atoms with E-state index < -0.39 is 0 Å². The average molecular weight is 291 g/mol. The largest absolute Gasteiger partial charge is 0.344 e. The van der Waals surface area contributed by atoms with Gasteiger partial charge in [0.2, 0.25) is 0 Å². The lowest BCUT2D eigenvalue weighted by atomic mass is 9.96. The molecule has 100 valence electrons. The lowest BCUT2D eigenvalue weighted by Gasteiger charge is -2.23. The van der Waals surface area contributed by atoms with Gasteiger partial charge in [-0.2, -0.15) is 11.3 Å². The molecule has 0 spiro atoms. The second-order valence-corrected chi connectivity index (χ2v) is 6.78. The number of carbonyl (C=O) groups is 1. The van der Waals surface area contributed by atoms with Crippen LogP contribution in [-0.2, 0) is 0 Å². The van der Waals surface area contributed by atoms with Gasteiger partial charge in [-0.3, -0.25) is 4.79 Å². The van der Waals surface area contributed by atoms with E-state index in [0.717, 1.165) is 5.56 Å². The zero-order valence-electron chi connectivity index (χ0n) is 10.7. The van der Waals surface area contributed by atoms with Crippen molar-refractivity contribution in [2.45, 2.75) is 31.7 Å². The van der Waals surface area contributed by atoms with E-state index in [1.54, 1.807) is 22.7 Å². The van der Waals surface area contributed by atoms with E-state index in [9.17, 15) is 4.79 Å². The van der Waals surface area contributed by atoms with Crippen molar-refractivity contribution in [2.24, 2.45) is 5.92 Å². The Hall–Kier alpha value is -1.13. The van der Waals surface area contributed by atoms with Gasteiger partial charge in [-0.05, 0) is 41.7 Å². The molecule has 1 saturated carbocycles. The molecule has 3 rings (SSSR count). The first-order chi connectivity index (χ1) is 9.34. The minimum Gasteiger partial charge on any atom is -0.344 e. The first-order valence-corrected chi connectivity index (χ1v) is 8.53. The van der Waals surface area contributed by atoms with Gasteiger partial charge < -0.3 is 5.32 Å². The standard InChI is InChI=1S/C15H17NOS2/c17-15(12-7-9-18-10-12)16-14(11-4-1-2-5-11)13-6-3-8-19-13/h3,6-11,14H,1-2,4-5H2,(H,16,17). The van der Waals surface area contributed by atoms with Gasteiger partial charge in [0, 0.05) is 10.3 Å². The minimum atomic E-state index is 0.0616. The number of thiophene rings is 2. The van der Waals surface area contributed by atoms with Crippen LogP contribution in [0.25, 0.3) is 0 Å². The van der Waals surface area contributed by atoms with Crippen LogP contribution in [0.2, 0.25) is 0 Å². The Bertz CT molecular complexity index is 512. The molecule has 2 nitrogen and oxygen atoms in total. The fourth-order valence-electron chi connectivity index (χ4n) is 2.80. The maximum Gasteiger partial charge on any atom is 0.252 e. The Morgan fingerprint density at radius 1 is 1.26 bits per heavy atom. The summed E-state index contributed by atoms with van der Waals surface area (Å²) < 4.78 is 0. The van der Waals surface area contributed by atoms with Crippen molar-refractivity contribution in [3.05, 3.63) is 44.8 Å². The SMILES string of the molecule is O=C(NC(c1cccs1)C1CCCC1)c1ccsc1. The Morgan fingerprint density at radius 3 is 2.74 bits per heavy atom. The van der Waals surface area contributed by atoms with Gasteiger partial charge in [0.15, 0.2) is 0 Å². The van der Waals surface area contributed by atoms with E-state index in [1.807, 2.05) is 16.8 Å². The first-order valence-electron chi connectivity index (χ1n) is 6.71. The van der Waals surface area contributed by atoms with Gasteiger partial charge in [0.1, 0.15) is 0 Å². The molecule has 0 bridgehead atoms. The number of amides is 1. The molecule has 1 unspecified atom stereocenters. The topological polar surface area (TPSA) is 29.1 Å². The molecule has 2 aromatic heterocycles. The first kappa shape index (κ1) is 12.9. The third kappa shape index (κ3) is 2.90. The van der Waals surface area contributed by atoms with Gasteiger partial charge >= 0.3 is 0 Å². The van der Waals surface area contributed by atoms with Crippen molar-refractivity contribution in [2.75, 3.05) is 0 Å². The number of nitrogens with one attached hydrogen (secondary N) is 1. The summed E-state index contributed by atoms with van der Waals surface area (Å²) in [6.45, 7) is 0. The van der Waals surface area contributed by atoms with Crippen molar-refractivity contribution in [3.8, 4) is 0 Å². The molecule has 1 amide bonds. The van der Waals surface area contributed by atoms with E-state index in [-0.39, 0.29) is 11.9 Å². The lowest BCUT2D eigenvalue weighted by molar-refractivity contribution is 0.0923. The van der Waals surface area contributed by atoms with Crippen molar-refractivity contribution >= 4 is 28.6 Å². The third-order valence-corrected chi connectivity index (χ3v) is 5.43. The maximum atomic E-state index is 12.3. The molecule has 0 aromatic carbocycles. The normalized spacial score (nSPS) is 17.5. The van der Waals surface area contributed by atoms with Crippen LogP contribution in [0.3, 0.4) is 0 Å². The van der Waals surface area contributed by atoms with Crippen LogP contribution in [0.1, 0.15) is 47.0 Å². The number of hydrogen-bond acceptors (Lipinski definition) is 3. The molecule has 0 saturated heterocycles. The molecule has 1 aliphatic rings. The van der Waals surface area contributed by atoms with E-state index in [0.29, 0.717) is 5.92 Å². The highest BCUT2D eigenvalue weighted by atomic mass is 32.1. The monoisotopic (exact) mass is 291 g/mol. The van der Waals surface area contributed by atoms with Crippen LogP contribution in [0, 0.1) is 5.92 Å². The van der Waals surface area contributed by atoms with Gasteiger partial charge in [-0.15, -0.1) is 11.3 Å². The summed E-state index contributed by atoms with van der Waals surface area (Å²) in [7, 11) is 0. The Labute approximate surface area is 121 Å². The number of carbonyl (C=O) groups excluding carboxylic acids is 1. The predicted molar refractivity (Wildman–Crippen MR) is 80.8 cm³/mol. The van der Waals surface area contributed by atoms with E-state index in [4.69, 9.17) is 0 Å². The molecule has 1 atom stereocenters. The van der Waals surface area contributed by atoms with E-state index in [2.05, 4.69) is 22.8 Å². The number of rotatable bonds is 4. The molecule has 0 radical (unpaired) electrons. The van der Waals surface area contributed by atoms with Crippen LogP contribution in [-0.4, -0.2) is 5.91 Å². The van der Waals surface area contributed by atoms with Gasteiger partial charge in [0.05, 0.1) is 11.6 Å². The Kier molecular flexibility index (Phi) is 3.99. The van der Waals surface area contributed by atoms with Crippen molar-refractivity contribution in [3.63, 3.8) is 0 Å². The lowest BCUT2D eigenvalue weighted by Crippen LogP contribution is -2.32. The summed E-state index contributed by atoms with van der Waals surface area (Å²) in [5.41, 5.74) is 0.782.